The largest absolute Gasteiger partial charge is 0.456 e. The monoisotopic (exact) mass is 440 g/mol. The number of amides is 3. The van der Waals surface area contributed by atoms with Gasteiger partial charge in [-0.3, -0.25) is 24.1 Å². The lowest BCUT2D eigenvalue weighted by atomic mass is 9.81. The van der Waals surface area contributed by atoms with E-state index in [1.165, 1.54) is 4.90 Å². The number of esters is 1. The van der Waals surface area contributed by atoms with Crippen LogP contribution < -0.4 is 5.32 Å². The highest BCUT2D eigenvalue weighted by Gasteiger charge is 2.47. The Labute approximate surface area is 178 Å². The van der Waals surface area contributed by atoms with E-state index >= 15 is 0 Å². The molecule has 1 heterocycles. The van der Waals surface area contributed by atoms with Gasteiger partial charge >= 0.3 is 5.97 Å². The van der Waals surface area contributed by atoms with Crippen molar-refractivity contribution in [2.75, 3.05) is 13.2 Å². The van der Waals surface area contributed by atoms with Gasteiger partial charge in [0.15, 0.2) is 6.61 Å². The van der Waals surface area contributed by atoms with Gasteiger partial charge in [-0.1, -0.05) is 42.1 Å². The van der Waals surface area contributed by atoms with Gasteiger partial charge in [-0.2, -0.15) is 0 Å². The first-order valence-corrected chi connectivity index (χ1v) is 10.3. The first-order valence-electron chi connectivity index (χ1n) is 9.58. The van der Waals surface area contributed by atoms with Crippen LogP contribution in [0.3, 0.4) is 0 Å². The van der Waals surface area contributed by atoms with Gasteiger partial charge in [-0.15, -0.1) is 0 Å². The molecule has 0 radical (unpaired) electrons. The standard InChI is InChI=1S/C20H22Cl2N2O5/c21-13-6-5-12(16(22)9-13)10-23-17(25)11-29-18(26)7-8-24-19(27)14-3-1-2-4-15(14)20(24)28/h5-6,9,14-15H,1-4,7-8,10-11H2,(H,23,25)/t14-,15-/m1/s1. The number of nitrogens with zero attached hydrogens (tertiary/aromatic N) is 1. The molecule has 9 heteroatoms. The van der Waals surface area contributed by atoms with Gasteiger partial charge in [0.05, 0.1) is 18.3 Å². The van der Waals surface area contributed by atoms with Crippen LogP contribution in [0.4, 0.5) is 0 Å². The normalized spacial score (nSPS) is 21.1. The molecule has 2 atom stereocenters. The van der Waals surface area contributed by atoms with Crippen LogP contribution in [0, 0.1) is 11.8 Å². The van der Waals surface area contributed by atoms with Crippen LogP contribution in [0.5, 0.6) is 0 Å². The molecule has 0 bridgehead atoms. The van der Waals surface area contributed by atoms with E-state index in [-0.39, 0.29) is 43.2 Å². The van der Waals surface area contributed by atoms with Gasteiger partial charge in [0, 0.05) is 23.1 Å². The zero-order valence-electron chi connectivity index (χ0n) is 15.8. The molecule has 7 nitrogen and oxygen atoms in total. The lowest BCUT2D eigenvalue weighted by Crippen LogP contribution is -2.34. The van der Waals surface area contributed by atoms with E-state index < -0.39 is 18.5 Å². The summed E-state index contributed by atoms with van der Waals surface area (Å²) < 4.78 is 4.94. The topological polar surface area (TPSA) is 92.8 Å². The molecule has 1 saturated heterocycles. The Morgan fingerprint density at radius 2 is 1.76 bits per heavy atom. The lowest BCUT2D eigenvalue weighted by Gasteiger charge is -2.19. The quantitative estimate of drug-likeness (QED) is 0.519. The highest BCUT2D eigenvalue weighted by molar-refractivity contribution is 6.35. The van der Waals surface area contributed by atoms with Gasteiger partial charge in [0.1, 0.15) is 0 Å². The molecule has 3 rings (SSSR count). The maximum absolute atomic E-state index is 12.4. The Morgan fingerprint density at radius 1 is 1.10 bits per heavy atom. The van der Waals surface area contributed by atoms with Crippen LogP contribution in [0.25, 0.3) is 0 Å². The molecule has 2 fully saturated rings. The van der Waals surface area contributed by atoms with Gasteiger partial charge in [-0.05, 0) is 30.5 Å². The summed E-state index contributed by atoms with van der Waals surface area (Å²) >= 11 is 11.9. The fourth-order valence-corrected chi connectivity index (χ4v) is 4.26. The second-order valence-electron chi connectivity index (χ2n) is 7.25. The Kier molecular flexibility index (Phi) is 7.14. The first kappa shape index (κ1) is 21.6. The second-order valence-corrected chi connectivity index (χ2v) is 8.09. The van der Waals surface area contributed by atoms with Crippen molar-refractivity contribution >= 4 is 46.9 Å². The third-order valence-corrected chi connectivity index (χ3v) is 5.91. The minimum Gasteiger partial charge on any atom is -0.456 e. The molecular formula is C20H22Cl2N2O5. The number of halogens is 2. The van der Waals surface area contributed by atoms with Crippen LogP contribution in [0.15, 0.2) is 18.2 Å². The number of likely N-dealkylation sites (tertiary alicyclic amines) is 1. The fourth-order valence-electron chi connectivity index (χ4n) is 3.78. The molecule has 1 aromatic rings. The van der Waals surface area contributed by atoms with E-state index in [0.29, 0.717) is 15.6 Å². The average molecular weight is 441 g/mol. The SMILES string of the molecule is O=C(COC(=O)CCN1C(=O)[C@@H]2CCCC[C@H]2C1=O)NCc1ccc(Cl)cc1Cl. The van der Waals surface area contributed by atoms with Crippen LogP contribution in [0.1, 0.15) is 37.7 Å². The molecule has 1 saturated carbocycles. The molecule has 0 spiro atoms. The zero-order valence-corrected chi connectivity index (χ0v) is 17.3. The predicted molar refractivity (Wildman–Crippen MR) is 106 cm³/mol. The summed E-state index contributed by atoms with van der Waals surface area (Å²) in [7, 11) is 0. The summed E-state index contributed by atoms with van der Waals surface area (Å²) in [5, 5.41) is 3.52. The highest BCUT2D eigenvalue weighted by atomic mass is 35.5. The Bertz CT molecular complexity index is 805. The molecule has 3 amide bonds. The van der Waals surface area contributed by atoms with Crippen molar-refractivity contribution in [1.29, 1.82) is 0 Å². The second kappa shape index (κ2) is 9.59. The van der Waals surface area contributed by atoms with Crippen LogP contribution in [-0.2, 0) is 30.5 Å². The number of fused-ring (bicyclic) bond motifs is 1. The molecule has 1 aliphatic heterocycles. The van der Waals surface area contributed by atoms with Crippen LogP contribution >= 0.6 is 23.2 Å². The number of carbonyl (C=O) groups excluding carboxylic acids is 4. The van der Waals surface area contributed by atoms with Crippen LogP contribution in [-0.4, -0.2) is 41.7 Å². The molecule has 1 aromatic carbocycles. The van der Waals surface area contributed by atoms with E-state index in [9.17, 15) is 19.2 Å². The predicted octanol–water partition coefficient (Wildman–Crippen LogP) is 2.72. The maximum Gasteiger partial charge on any atom is 0.308 e. The number of ether oxygens (including phenoxy) is 1. The van der Waals surface area contributed by atoms with Crippen molar-refractivity contribution in [2.45, 2.75) is 38.6 Å². The minimum atomic E-state index is -0.639. The van der Waals surface area contributed by atoms with E-state index in [0.717, 1.165) is 25.7 Å². The van der Waals surface area contributed by atoms with Gasteiger partial charge in [0.25, 0.3) is 5.91 Å². The highest BCUT2D eigenvalue weighted by Crippen LogP contribution is 2.37. The van der Waals surface area contributed by atoms with Crippen LogP contribution in [0.2, 0.25) is 10.0 Å². The Hall–Kier alpha value is -2.12. The number of imide groups is 1. The van der Waals surface area contributed by atoms with Gasteiger partial charge in [0.2, 0.25) is 11.8 Å². The number of nitrogens with one attached hydrogen (secondary N) is 1. The third-order valence-electron chi connectivity index (χ3n) is 5.33. The maximum atomic E-state index is 12.4. The average Bonchev–Trinajstić information content (AvgIpc) is 2.94. The summed E-state index contributed by atoms with van der Waals surface area (Å²) in [5.74, 6) is -1.98. The fraction of sp³-hybridized carbons (Fsp3) is 0.500. The lowest BCUT2D eigenvalue weighted by molar-refractivity contribution is -0.150. The molecule has 2 aliphatic rings. The van der Waals surface area contributed by atoms with Crippen molar-refractivity contribution in [3.63, 3.8) is 0 Å². The van der Waals surface area contributed by atoms with Crippen molar-refractivity contribution in [3.8, 4) is 0 Å². The zero-order chi connectivity index (χ0) is 21.0. The Balaban J connectivity index is 1.39. The van der Waals surface area contributed by atoms with Gasteiger partial charge < -0.3 is 10.1 Å². The summed E-state index contributed by atoms with van der Waals surface area (Å²) in [4.78, 5) is 49.7. The van der Waals surface area contributed by atoms with Crippen molar-refractivity contribution in [3.05, 3.63) is 33.8 Å². The summed E-state index contributed by atoms with van der Waals surface area (Å²) in [5.41, 5.74) is 0.684. The number of benzene rings is 1. The molecule has 0 aromatic heterocycles. The van der Waals surface area contributed by atoms with Crippen molar-refractivity contribution in [2.24, 2.45) is 11.8 Å². The first-order chi connectivity index (χ1) is 13.9. The Morgan fingerprint density at radius 3 is 2.38 bits per heavy atom. The number of hydrogen-bond donors (Lipinski definition) is 1. The van der Waals surface area contributed by atoms with E-state index in [1.54, 1.807) is 18.2 Å². The number of rotatable bonds is 7. The summed E-state index contributed by atoms with van der Waals surface area (Å²) in [6, 6.07) is 4.92. The number of hydrogen-bond acceptors (Lipinski definition) is 5. The third kappa shape index (κ3) is 5.28. The molecule has 0 unspecified atom stereocenters. The van der Waals surface area contributed by atoms with Crippen molar-refractivity contribution < 1.29 is 23.9 Å². The van der Waals surface area contributed by atoms with E-state index in [4.69, 9.17) is 27.9 Å². The molecule has 156 valence electrons. The molecule has 29 heavy (non-hydrogen) atoms. The number of carbonyl (C=O) groups is 4. The van der Waals surface area contributed by atoms with E-state index in [2.05, 4.69) is 5.32 Å². The smallest absolute Gasteiger partial charge is 0.308 e. The molecule has 1 N–H and O–H groups in total. The summed E-state index contributed by atoms with van der Waals surface area (Å²) in [6.45, 7) is -0.283. The molecule has 1 aliphatic carbocycles. The summed E-state index contributed by atoms with van der Waals surface area (Å²) in [6.07, 6.45) is 3.23. The van der Waals surface area contributed by atoms with Gasteiger partial charge in [-0.25, -0.2) is 0 Å². The molecular weight excluding hydrogens is 419 g/mol. The minimum absolute atomic E-state index is 0.00843. The van der Waals surface area contributed by atoms with E-state index in [1.807, 2.05) is 0 Å². The van der Waals surface area contributed by atoms with Crippen molar-refractivity contribution in [1.82, 2.24) is 10.2 Å².